The molecule has 0 unspecified atom stereocenters. The molecule has 0 amide bonds. The summed E-state index contributed by atoms with van der Waals surface area (Å²) in [5.74, 6) is 0. The van der Waals surface area contributed by atoms with Crippen LogP contribution in [0.5, 0.6) is 0 Å². The lowest BCUT2D eigenvalue weighted by Gasteiger charge is -2.38. The third-order valence-corrected chi connectivity index (χ3v) is 3.73. The van der Waals surface area contributed by atoms with Crippen LogP contribution in [0.15, 0.2) is 30.3 Å². The van der Waals surface area contributed by atoms with Crippen molar-refractivity contribution in [2.24, 2.45) is 5.41 Å². The van der Waals surface area contributed by atoms with Gasteiger partial charge in [-0.1, -0.05) is 32.0 Å². The number of nitrogens with zero attached hydrogens (tertiary/aromatic N) is 1. The zero-order chi connectivity index (χ0) is 12.8. The largest absolute Gasteiger partial charge is 0.385 e. The van der Waals surface area contributed by atoms with Crippen molar-refractivity contribution in [1.82, 2.24) is 4.90 Å². The molecule has 0 atom stereocenters. The first kappa shape index (κ1) is 13.4. The first-order valence-corrected chi connectivity index (χ1v) is 7.17. The van der Waals surface area contributed by atoms with Gasteiger partial charge in [-0.25, -0.2) is 0 Å². The van der Waals surface area contributed by atoms with Gasteiger partial charge in [0.2, 0.25) is 0 Å². The molecule has 1 N–H and O–H groups in total. The predicted molar refractivity (Wildman–Crippen MR) is 79.0 cm³/mol. The first-order valence-electron chi connectivity index (χ1n) is 7.17. The van der Waals surface area contributed by atoms with E-state index in [0.717, 1.165) is 6.54 Å². The molecule has 0 spiro atoms. The molecule has 1 aliphatic heterocycles. The first-order chi connectivity index (χ1) is 8.66. The number of piperidine rings is 1. The maximum Gasteiger partial charge on any atom is 0.0340 e. The number of anilines is 1. The zero-order valence-electron chi connectivity index (χ0n) is 11.8. The minimum atomic E-state index is 0.519. The second kappa shape index (κ2) is 6.24. The van der Waals surface area contributed by atoms with Gasteiger partial charge in [-0.2, -0.15) is 0 Å². The van der Waals surface area contributed by atoms with Gasteiger partial charge in [0.05, 0.1) is 0 Å². The average Bonchev–Trinajstić information content (AvgIpc) is 2.35. The maximum absolute atomic E-state index is 3.48. The number of para-hydroxylation sites is 1. The molecule has 1 fully saturated rings. The maximum atomic E-state index is 3.48. The number of benzene rings is 1. The van der Waals surface area contributed by atoms with Crippen molar-refractivity contribution < 1.29 is 0 Å². The van der Waals surface area contributed by atoms with Crippen LogP contribution in [-0.2, 0) is 0 Å². The van der Waals surface area contributed by atoms with E-state index >= 15 is 0 Å². The number of hydrogen-bond donors (Lipinski definition) is 1. The Balaban J connectivity index is 1.64. The summed E-state index contributed by atoms with van der Waals surface area (Å²) in [7, 11) is 0. The molecule has 1 heterocycles. The molecule has 0 aromatic heterocycles. The quantitative estimate of drug-likeness (QED) is 0.798. The molecule has 0 bridgehead atoms. The molecule has 1 saturated heterocycles. The fourth-order valence-corrected chi connectivity index (χ4v) is 2.83. The summed E-state index contributed by atoms with van der Waals surface area (Å²) in [5, 5.41) is 3.48. The SMILES string of the molecule is CC1(C)CCCN(CCCNc2ccccc2)C1. The Morgan fingerprint density at radius 3 is 2.72 bits per heavy atom. The molecule has 0 aliphatic carbocycles. The van der Waals surface area contributed by atoms with E-state index in [1.807, 2.05) is 0 Å². The molecular formula is C16H26N2. The standard InChI is InChI=1S/C16H26N2/c1-16(2)10-6-12-18(14-16)13-7-11-17-15-8-4-3-5-9-15/h3-5,8-9,17H,6-7,10-14H2,1-2H3. The molecule has 18 heavy (non-hydrogen) atoms. The number of hydrogen-bond acceptors (Lipinski definition) is 2. The van der Waals surface area contributed by atoms with E-state index in [0.29, 0.717) is 5.41 Å². The highest BCUT2D eigenvalue weighted by Gasteiger charge is 2.25. The summed E-state index contributed by atoms with van der Waals surface area (Å²) in [6.45, 7) is 9.63. The highest BCUT2D eigenvalue weighted by atomic mass is 15.1. The monoisotopic (exact) mass is 246 g/mol. The highest BCUT2D eigenvalue weighted by Crippen LogP contribution is 2.28. The minimum Gasteiger partial charge on any atom is -0.385 e. The van der Waals surface area contributed by atoms with Gasteiger partial charge in [0.25, 0.3) is 0 Å². The van der Waals surface area contributed by atoms with E-state index < -0.39 is 0 Å². The molecular weight excluding hydrogens is 220 g/mol. The minimum absolute atomic E-state index is 0.519. The van der Waals surface area contributed by atoms with Crippen molar-refractivity contribution >= 4 is 5.69 Å². The van der Waals surface area contributed by atoms with Crippen LogP contribution in [0.25, 0.3) is 0 Å². The summed E-state index contributed by atoms with van der Waals surface area (Å²) in [5.41, 5.74) is 1.75. The van der Waals surface area contributed by atoms with Crippen LogP contribution in [0.1, 0.15) is 33.1 Å². The van der Waals surface area contributed by atoms with Crippen molar-refractivity contribution in [1.29, 1.82) is 0 Å². The molecule has 0 saturated carbocycles. The smallest absolute Gasteiger partial charge is 0.0340 e. The third-order valence-electron chi connectivity index (χ3n) is 3.73. The zero-order valence-corrected chi connectivity index (χ0v) is 11.8. The van der Waals surface area contributed by atoms with Gasteiger partial charge in [0.1, 0.15) is 0 Å². The lowest BCUT2D eigenvalue weighted by molar-refractivity contribution is 0.117. The van der Waals surface area contributed by atoms with E-state index in [1.54, 1.807) is 0 Å². The predicted octanol–water partition coefficient (Wildman–Crippen LogP) is 3.61. The molecule has 0 radical (unpaired) electrons. The van der Waals surface area contributed by atoms with Gasteiger partial charge in [-0.3, -0.25) is 0 Å². The van der Waals surface area contributed by atoms with Crippen LogP contribution < -0.4 is 5.32 Å². The van der Waals surface area contributed by atoms with Crippen LogP contribution in [0.4, 0.5) is 5.69 Å². The van der Waals surface area contributed by atoms with Crippen molar-refractivity contribution in [3.63, 3.8) is 0 Å². The van der Waals surface area contributed by atoms with Gasteiger partial charge in [0, 0.05) is 18.8 Å². The van der Waals surface area contributed by atoms with Crippen LogP contribution in [0.2, 0.25) is 0 Å². The van der Waals surface area contributed by atoms with Crippen LogP contribution >= 0.6 is 0 Å². The fraction of sp³-hybridized carbons (Fsp3) is 0.625. The van der Waals surface area contributed by atoms with Crippen LogP contribution in [0.3, 0.4) is 0 Å². The van der Waals surface area contributed by atoms with E-state index in [1.165, 1.54) is 44.6 Å². The third kappa shape index (κ3) is 4.34. The summed E-state index contributed by atoms with van der Waals surface area (Å²) in [4.78, 5) is 2.62. The Morgan fingerprint density at radius 1 is 1.22 bits per heavy atom. The van der Waals surface area contributed by atoms with E-state index in [9.17, 15) is 0 Å². The van der Waals surface area contributed by atoms with Gasteiger partial charge in [0.15, 0.2) is 0 Å². The van der Waals surface area contributed by atoms with E-state index in [-0.39, 0.29) is 0 Å². The summed E-state index contributed by atoms with van der Waals surface area (Å²) in [6, 6.07) is 10.5. The number of likely N-dealkylation sites (tertiary alicyclic amines) is 1. The molecule has 2 heteroatoms. The molecule has 2 rings (SSSR count). The molecule has 1 aromatic carbocycles. The molecule has 2 nitrogen and oxygen atoms in total. The summed E-state index contributed by atoms with van der Waals surface area (Å²) < 4.78 is 0. The Bertz CT molecular complexity index is 345. The molecule has 100 valence electrons. The highest BCUT2D eigenvalue weighted by molar-refractivity contribution is 5.42. The van der Waals surface area contributed by atoms with Crippen molar-refractivity contribution in [3.8, 4) is 0 Å². The van der Waals surface area contributed by atoms with Crippen LogP contribution in [0, 0.1) is 5.41 Å². The van der Waals surface area contributed by atoms with Crippen LogP contribution in [-0.4, -0.2) is 31.1 Å². The summed E-state index contributed by atoms with van der Waals surface area (Å²) in [6.07, 6.45) is 3.97. The number of rotatable bonds is 5. The normalized spacial score (nSPS) is 19.7. The topological polar surface area (TPSA) is 15.3 Å². The van der Waals surface area contributed by atoms with Gasteiger partial charge < -0.3 is 10.2 Å². The Morgan fingerprint density at radius 2 is 2.00 bits per heavy atom. The Labute approximate surface area is 111 Å². The lowest BCUT2D eigenvalue weighted by atomic mass is 9.84. The Hall–Kier alpha value is -1.02. The Kier molecular flexibility index (Phi) is 4.65. The second-order valence-corrected chi connectivity index (χ2v) is 6.19. The molecule has 1 aromatic rings. The van der Waals surface area contributed by atoms with Crippen molar-refractivity contribution in [3.05, 3.63) is 30.3 Å². The fourth-order valence-electron chi connectivity index (χ4n) is 2.83. The van der Waals surface area contributed by atoms with Crippen molar-refractivity contribution in [2.45, 2.75) is 33.1 Å². The van der Waals surface area contributed by atoms with Crippen molar-refractivity contribution in [2.75, 3.05) is 31.5 Å². The number of nitrogens with one attached hydrogen (secondary N) is 1. The van der Waals surface area contributed by atoms with Gasteiger partial charge >= 0.3 is 0 Å². The molecule has 1 aliphatic rings. The average molecular weight is 246 g/mol. The lowest BCUT2D eigenvalue weighted by Crippen LogP contribution is -2.40. The second-order valence-electron chi connectivity index (χ2n) is 6.19. The van der Waals surface area contributed by atoms with Gasteiger partial charge in [-0.15, -0.1) is 0 Å². The van der Waals surface area contributed by atoms with E-state index in [4.69, 9.17) is 0 Å². The summed E-state index contributed by atoms with van der Waals surface area (Å²) >= 11 is 0. The van der Waals surface area contributed by atoms with E-state index in [2.05, 4.69) is 54.4 Å². The van der Waals surface area contributed by atoms with Gasteiger partial charge in [-0.05, 0) is 49.9 Å².